The Labute approximate surface area is 131 Å². The van der Waals surface area contributed by atoms with Gasteiger partial charge >= 0.3 is 0 Å². The fourth-order valence-electron chi connectivity index (χ4n) is 2.89. The van der Waals surface area contributed by atoms with Gasteiger partial charge in [-0.05, 0) is 12.3 Å². The third kappa shape index (κ3) is 2.82. The summed E-state index contributed by atoms with van der Waals surface area (Å²) in [6.07, 6.45) is 1.03. The van der Waals surface area contributed by atoms with Crippen molar-refractivity contribution in [2.24, 2.45) is 5.92 Å². The second-order valence-corrected chi connectivity index (χ2v) is 5.71. The van der Waals surface area contributed by atoms with Crippen LogP contribution in [-0.2, 0) is 5.88 Å². The molecule has 2 aromatic rings. The van der Waals surface area contributed by atoms with Crippen LogP contribution in [0.4, 0.5) is 0 Å². The van der Waals surface area contributed by atoms with E-state index in [4.69, 9.17) is 21.1 Å². The summed E-state index contributed by atoms with van der Waals surface area (Å²) in [6.45, 7) is 6.63. The summed E-state index contributed by atoms with van der Waals surface area (Å²) >= 11 is 6.11. The van der Waals surface area contributed by atoms with Crippen molar-refractivity contribution in [2.45, 2.75) is 39.1 Å². The topological polar surface area (TPSA) is 36.3 Å². The van der Waals surface area contributed by atoms with Crippen LogP contribution in [0.2, 0.25) is 0 Å². The summed E-state index contributed by atoms with van der Waals surface area (Å²) in [5.41, 5.74) is 1.94. The van der Waals surface area contributed by atoms with Gasteiger partial charge in [0.1, 0.15) is 5.82 Å². The first-order chi connectivity index (χ1) is 10.1. The lowest BCUT2D eigenvalue weighted by Gasteiger charge is -2.24. The average Bonchev–Trinajstić information content (AvgIpc) is 2.83. The Hall–Kier alpha value is -1.42. The smallest absolute Gasteiger partial charge is 0.163 e. The van der Waals surface area contributed by atoms with Crippen LogP contribution in [0, 0.1) is 5.92 Å². The summed E-state index contributed by atoms with van der Waals surface area (Å²) in [7, 11) is 3.28. The number of fused-ring (bicyclic) bond motifs is 1. The van der Waals surface area contributed by atoms with E-state index < -0.39 is 0 Å². The normalized spacial score (nSPS) is 12.9. The quantitative estimate of drug-likeness (QED) is 0.742. The molecule has 21 heavy (non-hydrogen) atoms. The van der Waals surface area contributed by atoms with Gasteiger partial charge in [-0.1, -0.05) is 20.8 Å². The number of ether oxygens (including phenoxy) is 2. The zero-order chi connectivity index (χ0) is 15.6. The van der Waals surface area contributed by atoms with Crippen molar-refractivity contribution in [3.63, 3.8) is 0 Å². The van der Waals surface area contributed by atoms with Gasteiger partial charge in [-0.25, -0.2) is 4.98 Å². The molecule has 0 radical (unpaired) electrons. The lowest BCUT2D eigenvalue weighted by Crippen LogP contribution is -2.16. The van der Waals surface area contributed by atoms with Crippen LogP contribution >= 0.6 is 11.6 Å². The van der Waals surface area contributed by atoms with E-state index in [9.17, 15) is 0 Å². The second-order valence-electron chi connectivity index (χ2n) is 5.45. The van der Waals surface area contributed by atoms with E-state index >= 15 is 0 Å². The van der Waals surface area contributed by atoms with E-state index in [0.717, 1.165) is 23.3 Å². The van der Waals surface area contributed by atoms with E-state index in [-0.39, 0.29) is 0 Å². The first-order valence-electron chi connectivity index (χ1n) is 7.26. The largest absolute Gasteiger partial charge is 0.493 e. The van der Waals surface area contributed by atoms with Crippen LogP contribution in [0.3, 0.4) is 0 Å². The number of hydrogen-bond donors (Lipinski definition) is 0. The van der Waals surface area contributed by atoms with Gasteiger partial charge in [-0.3, -0.25) is 0 Å². The van der Waals surface area contributed by atoms with E-state index in [0.29, 0.717) is 29.3 Å². The Balaban J connectivity index is 2.72. The Morgan fingerprint density at radius 2 is 1.81 bits per heavy atom. The molecule has 0 N–H and O–H groups in total. The maximum Gasteiger partial charge on any atom is 0.163 e. The SMILES string of the molecule is CCC(C(C)C)n1c(CCl)nc2cc(OC)c(OC)cc21. The predicted molar refractivity (Wildman–Crippen MR) is 86.6 cm³/mol. The van der Waals surface area contributed by atoms with E-state index in [1.54, 1.807) is 14.2 Å². The van der Waals surface area contributed by atoms with Crippen LogP contribution in [0.25, 0.3) is 11.0 Å². The van der Waals surface area contributed by atoms with E-state index in [1.807, 2.05) is 12.1 Å². The van der Waals surface area contributed by atoms with Gasteiger partial charge in [0.05, 0.1) is 31.1 Å². The fourth-order valence-corrected chi connectivity index (χ4v) is 3.08. The molecule has 0 amide bonds. The summed E-state index contributed by atoms with van der Waals surface area (Å²) in [5, 5.41) is 0. The molecule has 0 fully saturated rings. The standard InChI is InChI=1S/C16H23ClN2O2/c1-6-12(10(2)3)19-13-8-15(21-5)14(20-4)7-11(13)18-16(19)9-17/h7-8,10,12H,6,9H2,1-5H3. The summed E-state index contributed by atoms with van der Waals surface area (Å²) in [5.74, 6) is 3.19. The molecule has 0 aliphatic heterocycles. The first-order valence-corrected chi connectivity index (χ1v) is 7.79. The highest BCUT2D eigenvalue weighted by molar-refractivity contribution is 6.16. The number of alkyl halides is 1. The van der Waals surface area contributed by atoms with Crippen LogP contribution in [0.1, 0.15) is 39.1 Å². The second kappa shape index (κ2) is 6.56. The van der Waals surface area contributed by atoms with Crippen molar-refractivity contribution in [2.75, 3.05) is 14.2 Å². The van der Waals surface area contributed by atoms with Crippen LogP contribution in [-0.4, -0.2) is 23.8 Å². The lowest BCUT2D eigenvalue weighted by atomic mass is 10.0. The monoisotopic (exact) mass is 310 g/mol. The zero-order valence-corrected chi connectivity index (χ0v) is 14.1. The molecule has 0 bridgehead atoms. The highest BCUT2D eigenvalue weighted by Gasteiger charge is 2.21. The highest BCUT2D eigenvalue weighted by atomic mass is 35.5. The fraction of sp³-hybridized carbons (Fsp3) is 0.562. The van der Waals surface area contributed by atoms with Crippen molar-refractivity contribution in [1.29, 1.82) is 0 Å². The summed E-state index contributed by atoms with van der Waals surface area (Å²) in [4.78, 5) is 4.66. The predicted octanol–water partition coefficient (Wildman–Crippen LogP) is 4.40. The molecule has 0 saturated carbocycles. The van der Waals surface area contributed by atoms with Gasteiger partial charge in [0.15, 0.2) is 11.5 Å². The van der Waals surface area contributed by atoms with Crippen LogP contribution < -0.4 is 9.47 Å². The lowest BCUT2D eigenvalue weighted by molar-refractivity contribution is 0.353. The molecule has 0 spiro atoms. The average molecular weight is 311 g/mol. The molecular formula is C16H23ClN2O2. The Morgan fingerprint density at radius 1 is 1.19 bits per heavy atom. The molecule has 0 aliphatic carbocycles. The number of rotatable bonds is 6. The number of aromatic nitrogens is 2. The molecule has 116 valence electrons. The Bertz CT molecular complexity index is 622. The number of methoxy groups -OCH3 is 2. The minimum atomic E-state index is 0.363. The number of halogens is 1. The maximum absolute atomic E-state index is 6.11. The Kier molecular flexibility index (Phi) is 4.99. The first kappa shape index (κ1) is 16.0. The number of nitrogens with zero attached hydrogens (tertiary/aromatic N) is 2. The zero-order valence-electron chi connectivity index (χ0n) is 13.3. The van der Waals surface area contributed by atoms with E-state index in [1.165, 1.54) is 0 Å². The summed E-state index contributed by atoms with van der Waals surface area (Å²) in [6, 6.07) is 4.26. The van der Waals surface area contributed by atoms with E-state index in [2.05, 4.69) is 30.3 Å². The van der Waals surface area contributed by atoms with Crippen molar-refractivity contribution < 1.29 is 9.47 Å². The van der Waals surface area contributed by atoms with Gasteiger partial charge in [0.25, 0.3) is 0 Å². The molecule has 0 saturated heterocycles. The van der Waals surface area contributed by atoms with Gasteiger partial charge < -0.3 is 14.0 Å². The van der Waals surface area contributed by atoms with Crippen LogP contribution in [0.5, 0.6) is 11.5 Å². The number of benzene rings is 1. The molecule has 1 aromatic heterocycles. The summed E-state index contributed by atoms with van der Waals surface area (Å²) < 4.78 is 13.0. The Morgan fingerprint density at radius 3 is 2.29 bits per heavy atom. The minimum absolute atomic E-state index is 0.363. The molecule has 4 nitrogen and oxygen atoms in total. The molecular weight excluding hydrogens is 288 g/mol. The van der Waals surface area contributed by atoms with Crippen molar-refractivity contribution in [1.82, 2.24) is 9.55 Å². The van der Waals surface area contributed by atoms with Crippen LogP contribution in [0.15, 0.2) is 12.1 Å². The molecule has 1 aromatic carbocycles. The molecule has 0 aliphatic rings. The maximum atomic E-state index is 6.11. The van der Waals surface area contributed by atoms with Crippen molar-refractivity contribution in [3.8, 4) is 11.5 Å². The molecule has 2 rings (SSSR count). The molecule has 1 heterocycles. The van der Waals surface area contributed by atoms with Crippen molar-refractivity contribution in [3.05, 3.63) is 18.0 Å². The van der Waals surface area contributed by atoms with Gasteiger partial charge in [0, 0.05) is 18.2 Å². The molecule has 5 heteroatoms. The van der Waals surface area contributed by atoms with Gasteiger partial charge in [-0.2, -0.15) is 0 Å². The third-order valence-electron chi connectivity index (χ3n) is 3.91. The minimum Gasteiger partial charge on any atom is -0.493 e. The number of imidazole rings is 1. The van der Waals surface area contributed by atoms with Crippen molar-refractivity contribution >= 4 is 22.6 Å². The molecule has 1 atom stereocenters. The third-order valence-corrected chi connectivity index (χ3v) is 4.15. The van der Waals surface area contributed by atoms with Gasteiger partial charge in [-0.15, -0.1) is 11.6 Å². The molecule has 1 unspecified atom stereocenters. The van der Waals surface area contributed by atoms with Gasteiger partial charge in [0.2, 0.25) is 0 Å². The highest BCUT2D eigenvalue weighted by Crippen LogP contribution is 2.36. The number of hydrogen-bond acceptors (Lipinski definition) is 3.